The lowest BCUT2D eigenvalue weighted by atomic mass is 10.2. The van der Waals surface area contributed by atoms with Crippen LogP contribution >= 0.6 is 12.2 Å². The van der Waals surface area contributed by atoms with Crippen molar-refractivity contribution in [2.24, 2.45) is 0 Å². The molecule has 4 aromatic rings. The maximum Gasteiger partial charge on any atom is 0.229 e. The SMILES string of the molecule is CN(C)c1ccc(NC(=S)Nc2cc(-c3nc4ncccc4o3)ccn2)cc1. The summed E-state index contributed by atoms with van der Waals surface area (Å²) in [5, 5.41) is 6.68. The Morgan fingerprint density at radius 1 is 1.00 bits per heavy atom. The molecule has 0 unspecified atom stereocenters. The van der Waals surface area contributed by atoms with Crippen LogP contribution in [-0.4, -0.2) is 34.2 Å². The first-order chi connectivity index (χ1) is 13.6. The number of anilines is 3. The zero-order valence-corrected chi connectivity index (χ0v) is 16.2. The number of fused-ring (bicyclic) bond motifs is 1. The maximum absolute atomic E-state index is 5.76. The molecule has 4 rings (SSSR count). The van der Waals surface area contributed by atoms with Crippen molar-refractivity contribution in [3.05, 3.63) is 60.9 Å². The first-order valence-electron chi connectivity index (χ1n) is 8.62. The second-order valence-electron chi connectivity index (χ2n) is 6.29. The topological polar surface area (TPSA) is 79.1 Å². The van der Waals surface area contributed by atoms with Crippen molar-refractivity contribution in [3.8, 4) is 11.5 Å². The van der Waals surface area contributed by atoms with Crippen LogP contribution in [0.3, 0.4) is 0 Å². The van der Waals surface area contributed by atoms with Crippen LogP contribution in [0.15, 0.2) is 65.3 Å². The minimum absolute atomic E-state index is 0.446. The molecule has 0 aliphatic heterocycles. The van der Waals surface area contributed by atoms with E-state index in [9.17, 15) is 0 Å². The van der Waals surface area contributed by atoms with Crippen molar-refractivity contribution in [2.45, 2.75) is 0 Å². The Hall–Kier alpha value is -3.52. The lowest BCUT2D eigenvalue weighted by Gasteiger charge is -2.14. The van der Waals surface area contributed by atoms with Crippen LogP contribution in [0.2, 0.25) is 0 Å². The molecular weight excluding hydrogens is 372 g/mol. The summed E-state index contributed by atoms with van der Waals surface area (Å²) in [5.74, 6) is 1.08. The van der Waals surface area contributed by atoms with Crippen molar-refractivity contribution < 1.29 is 4.42 Å². The van der Waals surface area contributed by atoms with E-state index in [0.29, 0.717) is 28.1 Å². The van der Waals surface area contributed by atoms with E-state index in [1.807, 2.05) is 67.5 Å². The highest BCUT2D eigenvalue weighted by molar-refractivity contribution is 7.80. The first-order valence-corrected chi connectivity index (χ1v) is 9.03. The van der Waals surface area contributed by atoms with E-state index < -0.39 is 0 Å². The van der Waals surface area contributed by atoms with Crippen LogP contribution in [0, 0.1) is 0 Å². The molecule has 140 valence electrons. The molecule has 28 heavy (non-hydrogen) atoms. The Morgan fingerprint density at radius 3 is 2.57 bits per heavy atom. The van der Waals surface area contributed by atoms with Crippen molar-refractivity contribution in [3.63, 3.8) is 0 Å². The Kier molecular flexibility index (Phi) is 4.86. The van der Waals surface area contributed by atoms with Gasteiger partial charge in [-0.2, -0.15) is 4.98 Å². The van der Waals surface area contributed by atoms with E-state index in [1.54, 1.807) is 12.4 Å². The van der Waals surface area contributed by atoms with E-state index in [1.165, 1.54) is 0 Å². The molecule has 0 amide bonds. The average molecular weight is 390 g/mol. The van der Waals surface area contributed by atoms with Gasteiger partial charge >= 0.3 is 0 Å². The Labute approximate surface area is 167 Å². The van der Waals surface area contributed by atoms with Gasteiger partial charge in [0.05, 0.1) is 0 Å². The van der Waals surface area contributed by atoms with E-state index >= 15 is 0 Å². The molecule has 2 N–H and O–H groups in total. The number of oxazole rings is 1. The Bertz CT molecular complexity index is 1090. The average Bonchev–Trinajstić information content (AvgIpc) is 3.13. The highest BCUT2D eigenvalue weighted by Crippen LogP contribution is 2.24. The van der Waals surface area contributed by atoms with E-state index in [-0.39, 0.29) is 0 Å². The van der Waals surface area contributed by atoms with Gasteiger partial charge in [0.2, 0.25) is 5.89 Å². The van der Waals surface area contributed by atoms with Crippen LogP contribution < -0.4 is 15.5 Å². The lowest BCUT2D eigenvalue weighted by molar-refractivity contribution is 0.619. The van der Waals surface area contributed by atoms with Crippen LogP contribution in [0.5, 0.6) is 0 Å². The van der Waals surface area contributed by atoms with Gasteiger partial charge in [-0.3, -0.25) is 0 Å². The number of aromatic nitrogens is 3. The van der Waals surface area contributed by atoms with Gasteiger partial charge < -0.3 is 20.0 Å². The summed E-state index contributed by atoms with van der Waals surface area (Å²) in [6, 6.07) is 15.3. The summed E-state index contributed by atoms with van der Waals surface area (Å²) in [5.41, 5.74) is 4.01. The molecule has 3 aromatic heterocycles. The zero-order chi connectivity index (χ0) is 19.5. The smallest absolute Gasteiger partial charge is 0.229 e. The van der Waals surface area contributed by atoms with Gasteiger partial charge in [0.15, 0.2) is 16.3 Å². The molecule has 1 aromatic carbocycles. The second-order valence-corrected chi connectivity index (χ2v) is 6.70. The second kappa shape index (κ2) is 7.61. The van der Waals surface area contributed by atoms with E-state index in [4.69, 9.17) is 16.6 Å². The fourth-order valence-electron chi connectivity index (χ4n) is 2.65. The number of nitrogens with one attached hydrogen (secondary N) is 2. The maximum atomic E-state index is 5.76. The van der Waals surface area contributed by atoms with Crippen molar-refractivity contribution in [1.82, 2.24) is 15.0 Å². The third kappa shape index (κ3) is 3.91. The van der Waals surface area contributed by atoms with Gasteiger partial charge in [-0.1, -0.05) is 0 Å². The minimum atomic E-state index is 0.446. The molecule has 3 heterocycles. The first kappa shape index (κ1) is 17.9. The van der Waals surface area contributed by atoms with E-state index in [0.717, 1.165) is 16.9 Å². The van der Waals surface area contributed by atoms with Crippen LogP contribution in [0.1, 0.15) is 0 Å². The highest BCUT2D eigenvalue weighted by atomic mass is 32.1. The number of pyridine rings is 2. The normalized spacial score (nSPS) is 10.6. The fraction of sp³-hybridized carbons (Fsp3) is 0.100. The summed E-state index contributed by atoms with van der Waals surface area (Å²) >= 11 is 5.39. The number of thiocarbonyl (C=S) groups is 1. The van der Waals surface area contributed by atoms with Gasteiger partial charge in [0.25, 0.3) is 0 Å². The molecule has 0 radical (unpaired) electrons. The lowest BCUT2D eigenvalue weighted by Crippen LogP contribution is -2.19. The summed E-state index contributed by atoms with van der Waals surface area (Å²) in [6.45, 7) is 0. The third-order valence-corrected chi connectivity index (χ3v) is 4.26. The molecule has 0 spiro atoms. The predicted molar refractivity (Wildman–Crippen MR) is 116 cm³/mol. The minimum Gasteiger partial charge on any atom is -0.434 e. The number of hydrogen-bond acceptors (Lipinski definition) is 6. The fourth-order valence-corrected chi connectivity index (χ4v) is 2.87. The van der Waals surface area contributed by atoms with Crippen LogP contribution in [0.4, 0.5) is 17.2 Å². The van der Waals surface area contributed by atoms with Gasteiger partial charge in [0.1, 0.15) is 5.82 Å². The summed E-state index contributed by atoms with van der Waals surface area (Å²) < 4.78 is 5.76. The summed E-state index contributed by atoms with van der Waals surface area (Å²) in [7, 11) is 4.00. The highest BCUT2D eigenvalue weighted by Gasteiger charge is 2.10. The van der Waals surface area contributed by atoms with Crippen LogP contribution in [0.25, 0.3) is 22.7 Å². The molecule has 0 saturated carbocycles. The monoisotopic (exact) mass is 390 g/mol. The third-order valence-electron chi connectivity index (χ3n) is 4.06. The van der Waals surface area contributed by atoms with Crippen LogP contribution in [-0.2, 0) is 0 Å². The molecule has 7 nitrogen and oxygen atoms in total. The van der Waals surface area contributed by atoms with Gasteiger partial charge in [-0.05, 0) is 60.7 Å². The Morgan fingerprint density at radius 2 is 1.82 bits per heavy atom. The van der Waals surface area contributed by atoms with Crippen molar-refractivity contribution >= 4 is 45.8 Å². The zero-order valence-electron chi connectivity index (χ0n) is 15.4. The number of benzene rings is 1. The van der Waals surface area contributed by atoms with Crippen molar-refractivity contribution in [1.29, 1.82) is 0 Å². The predicted octanol–water partition coefficient (Wildman–Crippen LogP) is 4.16. The molecule has 0 fully saturated rings. The van der Waals surface area contributed by atoms with Gasteiger partial charge in [-0.15, -0.1) is 0 Å². The molecular formula is C20H18N6OS. The largest absolute Gasteiger partial charge is 0.434 e. The molecule has 0 bridgehead atoms. The number of nitrogens with zero attached hydrogens (tertiary/aromatic N) is 4. The summed E-state index contributed by atoms with van der Waals surface area (Å²) in [4.78, 5) is 14.9. The Balaban J connectivity index is 1.47. The number of hydrogen-bond donors (Lipinski definition) is 2. The quantitative estimate of drug-likeness (QED) is 0.503. The molecule has 8 heteroatoms. The molecule has 0 aliphatic rings. The molecule has 0 aliphatic carbocycles. The molecule has 0 saturated heterocycles. The van der Waals surface area contributed by atoms with Crippen molar-refractivity contribution in [2.75, 3.05) is 29.6 Å². The molecule has 0 atom stereocenters. The number of rotatable bonds is 4. The van der Waals surface area contributed by atoms with Gasteiger partial charge in [-0.25, -0.2) is 9.97 Å². The van der Waals surface area contributed by atoms with E-state index in [2.05, 4.69) is 25.6 Å². The summed E-state index contributed by atoms with van der Waals surface area (Å²) in [6.07, 6.45) is 3.36. The standard InChI is InChI=1S/C20H18N6OS/c1-26(2)15-7-5-14(6-8-15)23-20(28)24-17-12-13(9-11-21-17)19-25-18-16(27-19)4-3-10-22-18/h3-12H,1-2H3,(H2,21,23,24,28). The van der Waals surface area contributed by atoms with Gasteiger partial charge in [0, 0.05) is 43.4 Å².